The Morgan fingerprint density at radius 1 is 1.21 bits per heavy atom. The summed E-state index contributed by atoms with van der Waals surface area (Å²) in [5.74, 6) is -0.763. The number of ether oxygens (including phenoxy) is 1. The Morgan fingerprint density at radius 2 is 1.88 bits per heavy atom. The lowest BCUT2D eigenvalue weighted by atomic mass is 10.1. The number of nitrogens with zero attached hydrogens (tertiary/aromatic N) is 1. The molecule has 6 nitrogen and oxygen atoms in total. The third-order valence-corrected chi connectivity index (χ3v) is 4.49. The van der Waals surface area contributed by atoms with Crippen LogP contribution in [0.1, 0.15) is 17.2 Å². The molecule has 0 radical (unpaired) electrons. The topological polar surface area (TPSA) is 91.5 Å². The number of Topliss-reactive ketones (excluding diaryl/α,β-unsaturated/α-hetero) is 1. The van der Waals surface area contributed by atoms with Crippen molar-refractivity contribution in [1.29, 1.82) is 0 Å². The average molecular weight is 365 g/mol. The van der Waals surface area contributed by atoms with Crippen LogP contribution in [0.5, 0.6) is 0 Å². The Labute approximate surface area is 145 Å². The standard InChI is InChI=1S/C16H13ClN2O4S/c17-12-3-1-11(2-4-12)14-13(20)15(16(18)22-14)23-24(21)9-10-5-7-19-8-6-10/h1-8,14H,9,18H2. The molecule has 0 amide bonds. The van der Waals surface area contributed by atoms with Crippen molar-refractivity contribution in [3.05, 3.63) is 76.6 Å². The Balaban J connectivity index is 1.69. The van der Waals surface area contributed by atoms with E-state index in [4.69, 9.17) is 26.3 Å². The predicted molar refractivity (Wildman–Crippen MR) is 88.7 cm³/mol. The van der Waals surface area contributed by atoms with Gasteiger partial charge in [-0.05, 0) is 29.8 Å². The average Bonchev–Trinajstić information content (AvgIpc) is 2.85. The second kappa shape index (κ2) is 7.02. The zero-order valence-electron chi connectivity index (χ0n) is 12.3. The molecular weight excluding hydrogens is 352 g/mol. The molecule has 24 heavy (non-hydrogen) atoms. The van der Waals surface area contributed by atoms with Crippen molar-refractivity contribution >= 4 is 28.5 Å². The fourth-order valence-corrected chi connectivity index (χ4v) is 3.15. The fourth-order valence-electron chi connectivity index (χ4n) is 2.15. The normalized spacial score (nSPS) is 18.4. The minimum atomic E-state index is -1.76. The highest BCUT2D eigenvalue weighted by Crippen LogP contribution is 2.32. The molecular formula is C16H13ClN2O4S. The Morgan fingerprint density at radius 3 is 2.54 bits per heavy atom. The van der Waals surface area contributed by atoms with Gasteiger partial charge in [0.1, 0.15) is 0 Å². The van der Waals surface area contributed by atoms with E-state index in [0.29, 0.717) is 10.6 Å². The lowest BCUT2D eigenvalue weighted by Gasteiger charge is -2.09. The molecule has 0 saturated carbocycles. The van der Waals surface area contributed by atoms with Gasteiger partial charge in [-0.3, -0.25) is 9.78 Å². The summed E-state index contributed by atoms with van der Waals surface area (Å²) in [6.07, 6.45) is 2.25. The van der Waals surface area contributed by atoms with E-state index < -0.39 is 23.0 Å². The highest BCUT2D eigenvalue weighted by atomic mass is 35.5. The molecule has 0 aliphatic carbocycles. The van der Waals surface area contributed by atoms with E-state index in [-0.39, 0.29) is 17.4 Å². The van der Waals surface area contributed by atoms with Crippen LogP contribution in [0.25, 0.3) is 0 Å². The van der Waals surface area contributed by atoms with E-state index in [1.807, 2.05) is 0 Å². The Bertz CT molecular complexity index is 809. The highest BCUT2D eigenvalue weighted by Gasteiger charge is 2.38. The van der Waals surface area contributed by atoms with Crippen LogP contribution in [0.4, 0.5) is 0 Å². The number of pyridine rings is 1. The second-order valence-electron chi connectivity index (χ2n) is 4.99. The first-order chi connectivity index (χ1) is 11.5. The zero-order chi connectivity index (χ0) is 17.1. The molecule has 2 aromatic rings. The predicted octanol–water partition coefficient (Wildman–Crippen LogP) is 2.38. The van der Waals surface area contributed by atoms with E-state index in [1.54, 1.807) is 48.8 Å². The van der Waals surface area contributed by atoms with Gasteiger partial charge in [0.05, 0.1) is 5.75 Å². The van der Waals surface area contributed by atoms with Crippen LogP contribution in [0.15, 0.2) is 60.4 Å². The molecule has 2 N–H and O–H groups in total. The molecule has 0 bridgehead atoms. The lowest BCUT2D eigenvalue weighted by molar-refractivity contribution is -0.123. The van der Waals surface area contributed by atoms with Gasteiger partial charge < -0.3 is 14.7 Å². The van der Waals surface area contributed by atoms with Gasteiger partial charge in [0.15, 0.2) is 6.10 Å². The third-order valence-electron chi connectivity index (χ3n) is 3.31. The number of halogens is 1. The minimum Gasteiger partial charge on any atom is -0.460 e. The molecule has 3 rings (SSSR count). The zero-order valence-corrected chi connectivity index (χ0v) is 13.9. The molecule has 0 fully saturated rings. The van der Waals surface area contributed by atoms with Gasteiger partial charge in [0.2, 0.25) is 28.5 Å². The number of rotatable bonds is 5. The molecule has 2 heterocycles. The maximum atomic E-state index is 12.4. The summed E-state index contributed by atoms with van der Waals surface area (Å²) < 4.78 is 22.7. The first kappa shape index (κ1) is 16.5. The summed E-state index contributed by atoms with van der Waals surface area (Å²) in [6.45, 7) is 0. The molecule has 124 valence electrons. The van der Waals surface area contributed by atoms with Gasteiger partial charge in [-0.15, -0.1) is 0 Å². The van der Waals surface area contributed by atoms with Crippen molar-refractivity contribution in [2.45, 2.75) is 11.9 Å². The molecule has 1 aliphatic rings. The smallest absolute Gasteiger partial charge is 0.249 e. The van der Waals surface area contributed by atoms with Crippen LogP contribution in [0.2, 0.25) is 5.02 Å². The van der Waals surface area contributed by atoms with Gasteiger partial charge in [0.25, 0.3) is 0 Å². The van der Waals surface area contributed by atoms with Crippen LogP contribution < -0.4 is 5.73 Å². The molecule has 0 saturated heterocycles. The van der Waals surface area contributed by atoms with E-state index in [0.717, 1.165) is 5.56 Å². The van der Waals surface area contributed by atoms with Crippen molar-refractivity contribution in [3.63, 3.8) is 0 Å². The van der Waals surface area contributed by atoms with Crippen LogP contribution >= 0.6 is 11.6 Å². The van der Waals surface area contributed by atoms with Crippen molar-refractivity contribution in [1.82, 2.24) is 4.98 Å². The van der Waals surface area contributed by atoms with Crippen LogP contribution in [-0.4, -0.2) is 15.0 Å². The van der Waals surface area contributed by atoms with Gasteiger partial charge >= 0.3 is 0 Å². The molecule has 2 atom stereocenters. The van der Waals surface area contributed by atoms with E-state index >= 15 is 0 Å². The van der Waals surface area contributed by atoms with Crippen LogP contribution in [0, 0.1) is 0 Å². The first-order valence-corrected chi connectivity index (χ1v) is 8.58. The second-order valence-corrected chi connectivity index (χ2v) is 6.49. The first-order valence-electron chi connectivity index (χ1n) is 6.96. The van der Waals surface area contributed by atoms with Gasteiger partial charge in [-0.1, -0.05) is 23.7 Å². The summed E-state index contributed by atoms with van der Waals surface area (Å²) >= 11 is 4.06. The van der Waals surface area contributed by atoms with Crippen LogP contribution in [-0.2, 0) is 30.5 Å². The van der Waals surface area contributed by atoms with Gasteiger partial charge in [-0.2, -0.15) is 0 Å². The number of carbonyl (C=O) groups is 1. The fraction of sp³-hybridized carbons (Fsp3) is 0.125. The largest absolute Gasteiger partial charge is 0.460 e. The lowest BCUT2D eigenvalue weighted by Crippen LogP contribution is -2.13. The summed E-state index contributed by atoms with van der Waals surface area (Å²) in [6, 6.07) is 10.0. The molecule has 0 spiro atoms. The van der Waals surface area contributed by atoms with Crippen molar-refractivity contribution in [3.8, 4) is 0 Å². The van der Waals surface area contributed by atoms with E-state index in [2.05, 4.69) is 4.98 Å². The summed E-state index contributed by atoms with van der Waals surface area (Å²) in [5, 5.41) is 0.542. The molecule has 2 unspecified atom stereocenters. The van der Waals surface area contributed by atoms with Crippen molar-refractivity contribution < 1.29 is 17.9 Å². The van der Waals surface area contributed by atoms with Gasteiger partial charge in [-0.25, -0.2) is 4.21 Å². The van der Waals surface area contributed by atoms with Gasteiger partial charge in [0, 0.05) is 23.0 Å². The summed E-state index contributed by atoms with van der Waals surface area (Å²) in [4.78, 5) is 16.3. The number of nitrogens with two attached hydrogens (primary N) is 1. The number of hydrogen-bond donors (Lipinski definition) is 1. The van der Waals surface area contributed by atoms with Crippen molar-refractivity contribution in [2.24, 2.45) is 5.73 Å². The number of hydrogen-bond acceptors (Lipinski definition) is 6. The maximum absolute atomic E-state index is 12.4. The SMILES string of the molecule is NC1=C(OS(=O)Cc2ccncc2)C(=O)C(c2ccc(Cl)cc2)O1. The van der Waals surface area contributed by atoms with E-state index in [1.165, 1.54) is 0 Å². The number of benzene rings is 1. The van der Waals surface area contributed by atoms with Crippen LogP contribution in [0.3, 0.4) is 0 Å². The number of carbonyl (C=O) groups excluding carboxylic acids is 1. The Kier molecular flexibility index (Phi) is 4.82. The number of ketones is 1. The Hall–Kier alpha value is -2.38. The minimum absolute atomic E-state index is 0.109. The monoisotopic (exact) mass is 364 g/mol. The summed E-state index contributed by atoms with van der Waals surface area (Å²) in [5.41, 5.74) is 7.07. The number of aromatic nitrogens is 1. The molecule has 1 aromatic heterocycles. The molecule has 8 heteroatoms. The highest BCUT2D eigenvalue weighted by molar-refractivity contribution is 7.79. The maximum Gasteiger partial charge on any atom is 0.249 e. The summed E-state index contributed by atoms with van der Waals surface area (Å²) in [7, 11) is 0. The molecule has 1 aromatic carbocycles. The van der Waals surface area contributed by atoms with Crippen molar-refractivity contribution in [2.75, 3.05) is 0 Å². The van der Waals surface area contributed by atoms with E-state index in [9.17, 15) is 9.00 Å². The quantitative estimate of drug-likeness (QED) is 0.875. The molecule has 1 aliphatic heterocycles. The third kappa shape index (κ3) is 3.58.